The Balaban J connectivity index is 1.62. The molecule has 6 nitrogen and oxygen atoms in total. The number of rotatable bonds is 3. The number of benzene rings is 1. The molecular weight excluding hydrogens is 268 g/mol. The van der Waals surface area contributed by atoms with Gasteiger partial charge in [0.05, 0.1) is 0 Å². The third-order valence-corrected chi connectivity index (χ3v) is 4.15. The molecule has 1 aromatic rings. The molecule has 2 atom stereocenters. The van der Waals surface area contributed by atoms with Crippen LogP contribution in [0.4, 0.5) is 16.2 Å². The smallest absolute Gasteiger partial charge is 0.321 e. The fourth-order valence-corrected chi connectivity index (χ4v) is 2.94. The van der Waals surface area contributed by atoms with E-state index in [9.17, 15) is 9.59 Å². The lowest BCUT2D eigenvalue weighted by molar-refractivity contribution is -0.119. The second-order valence-electron chi connectivity index (χ2n) is 5.69. The quantitative estimate of drug-likeness (QED) is 0.783. The number of nitrogens with two attached hydrogens (primary N) is 1. The molecule has 1 saturated carbocycles. The van der Waals surface area contributed by atoms with Crippen molar-refractivity contribution in [2.24, 2.45) is 11.7 Å². The molecule has 1 aliphatic carbocycles. The van der Waals surface area contributed by atoms with Crippen molar-refractivity contribution in [2.45, 2.75) is 25.3 Å². The molecule has 112 valence electrons. The van der Waals surface area contributed by atoms with Crippen molar-refractivity contribution in [1.82, 2.24) is 5.32 Å². The molecule has 21 heavy (non-hydrogen) atoms. The average molecular weight is 288 g/mol. The van der Waals surface area contributed by atoms with Gasteiger partial charge in [-0.2, -0.15) is 0 Å². The van der Waals surface area contributed by atoms with E-state index in [1.54, 1.807) is 4.90 Å². The molecule has 1 aliphatic heterocycles. The molecule has 2 unspecified atom stereocenters. The Labute approximate surface area is 123 Å². The summed E-state index contributed by atoms with van der Waals surface area (Å²) >= 11 is 0. The summed E-state index contributed by atoms with van der Waals surface area (Å²) in [6.45, 7) is 1.34. The van der Waals surface area contributed by atoms with Crippen molar-refractivity contribution in [2.75, 3.05) is 23.3 Å². The van der Waals surface area contributed by atoms with Gasteiger partial charge < -0.3 is 16.4 Å². The van der Waals surface area contributed by atoms with Crippen molar-refractivity contribution in [3.05, 3.63) is 24.3 Å². The fraction of sp³-hybridized carbons (Fsp3) is 0.467. The van der Waals surface area contributed by atoms with E-state index in [4.69, 9.17) is 5.73 Å². The highest BCUT2D eigenvalue weighted by molar-refractivity contribution is 5.95. The number of amides is 3. The molecule has 0 aromatic heterocycles. The number of hydrogen-bond acceptors (Lipinski definition) is 3. The predicted molar refractivity (Wildman–Crippen MR) is 81.1 cm³/mol. The Kier molecular flexibility index (Phi) is 3.79. The molecule has 1 aromatic carbocycles. The summed E-state index contributed by atoms with van der Waals surface area (Å²) in [7, 11) is 0. The summed E-state index contributed by atoms with van der Waals surface area (Å²) in [5, 5.41) is 5.68. The van der Waals surface area contributed by atoms with Crippen molar-refractivity contribution in [3.63, 3.8) is 0 Å². The van der Waals surface area contributed by atoms with Crippen LogP contribution in [0, 0.1) is 5.92 Å². The highest BCUT2D eigenvalue weighted by Gasteiger charge is 2.27. The van der Waals surface area contributed by atoms with Gasteiger partial charge in [-0.15, -0.1) is 0 Å². The van der Waals surface area contributed by atoms with E-state index in [0.717, 1.165) is 30.6 Å². The zero-order valence-corrected chi connectivity index (χ0v) is 11.8. The zero-order valence-electron chi connectivity index (χ0n) is 11.8. The Hall–Kier alpha value is -2.08. The highest BCUT2D eigenvalue weighted by atomic mass is 16.2. The van der Waals surface area contributed by atoms with E-state index in [-0.39, 0.29) is 23.9 Å². The van der Waals surface area contributed by atoms with Crippen LogP contribution in [0.5, 0.6) is 0 Å². The molecular formula is C15H20N4O2. The third kappa shape index (κ3) is 3.00. The number of carbonyl (C=O) groups excluding carboxylic acids is 2. The number of carbonyl (C=O) groups is 2. The molecule has 0 bridgehead atoms. The minimum atomic E-state index is -0.0771. The maximum Gasteiger partial charge on any atom is 0.321 e. The van der Waals surface area contributed by atoms with Gasteiger partial charge in [0.25, 0.3) is 0 Å². The second kappa shape index (κ2) is 5.73. The maximum absolute atomic E-state index is 12.1. The van der Waals surface area contributed by atoms with Crippen LogP contribution in [-0.2, 0) is 4.79 Å². The molecule has 0 radical (unpaired) electrons. The van der Waals surface area contributed by atoms with Crippen molar-refractivity contribution >= 4 is 23.3 Å². The van der Waals surface area contributed by atoms with Gasteiger partial charge in [0.1, 0.15) is 0 Å². The zero-order chi connectivity index (χ0) is 14.8. The first-order valence-corrected chi connectivity index (χ1v) is 7.35. The van der Waals surface area contributed by atoms with E-state index >= 15 is 0 Å². The van der Waals surface area contributed by atoms with Crippen LogP contribution in [0.2, 0.25) is 0 Å². The first-order chi connectivity index (χ1) is 10.1. The van der Waals surface area contributed by atoms with Gasteiger partial charge >= 0.3 is 6.03 Å². The van der Waals surface area contributed by atoms with Crippen LogP contribution in [0.15, 0.2) is 24.3 Å². The lowest BCUT2D eigenvalue weighted by atomic mass is 10.1. The fourth-order valence-electron chi connectivity index (χ4n) is 2.94. The van der Waals surface area contributed by atoms with Crippen molar-refractivity contribution in [1.29, 1.82) is 0 Å². The summed E-state index contributed by atoms with van der Waals surface area (Å²) in [4.78, 5) is 25.4. The second-order valence-corrected chi connectivity index (χ2v) is 5.69. The minimum absolute atomic E-state index is 0.0176. The van der Waals surface area contributed by atoms with E-state index in [0.29, 0.717) is 13.1 Å². The third-order valence-electron chi connectivity index (χ3n) is 4.15. The van der Waals surface area contributed by atoms with Crippen molar-refractivity contribution < 1.29 is 9.59 Å². The van der Waals surface area contributed by atoms with Gasteiger partial charge in [-0.1, -0.05) is 0 Å². The highest BCUT2D eigenvalue weighted by Crippen LogP contribution is 2.26. The molecule has 0 spiro atoms. The summed E-state index contributed by atoms with van der Waals surface area (Å²) in [5.74, 6) is 0.0543. The Morgan fingerprint density at radius 1 is 1.29 bits per heavy atom. The SMILES string of the molecule is NC1CCC(C(=O)Nc2ccc(N3CCNC3=O)cc2)C1. The van der Waals surface area contributed by atoms with Gasteiger partial charge in [-0.25, -0.2) is 4.79 Å². The number of anilines is 2. The van der Waals surface area contributed by atoms with Crippen LogP contribution in [0.3, 0.4) is 0 Å². The van der Waals surface area contributed by atoms with Crippen LogP contribution in [-0.4, -0.2) is 31.1 Å². The normalized spacial score (nSPS) is 25.0. The lowest BCUT2D eigenvalue weighted by Crippen LogP contribution is -2.27. The van der Waals surface area contributed by atoms with Gasteiger partial charge in [-0.05, 0) is 43.5 Å². The molecule has 3 rings (SSSR count). The number of nitrogens with one attached hydrogen (secondary N) is 2. The summed E-state index contributed by atoms with van der Waals surface area (Å²) in [6, 6.07) is 7.42. The van der Waals surface area contributed by atoms with Crippen LogP contribution in [0.25, 0.3) is 0 Å². The van der Waals surface area contributed by atoms with E-state index in [1.807, 2.05) is 24.3 Å². The van der Waals surface area contributed by atoms with E-state index < -0.39 is 0 Å². The Morgan fingerprint density at radius 2 is 2.05 bits per heavy atom. The molecule has 1 saturated heterocycles. The number of nitrogens with zero attached hydrogens (tertiary/aromatic N) is 1. The van der Waals surface area contributed by atoms with E-state index in [2.05, 4.69) is 10.6 Å². The molecule has 6 heteroatoms. The Morgan fingerprint density at radius 3 is 2.62 bits per heavy atom. The van der Waals surface area contributed by atoms with Crippen LogP contribution in [0.1, 0.15) is 19.3 Å². The average Bonchev–Trinajstić information content (AvgIpc) is 3.08. The lowest BCUT2D eigenvalue weighted by Gasteiger charge is -2.15. The number of hydrogen-bond donors (Lipinski definition) is 3. The first kappa shape index (κ1) is 13.9. The number of urea groups is 1. The van der Waals surface area contributed by atoms with Crippen molar-refractivity contribution in [3.8, 4) is 0 Å². The monoisotopic (exact) mass is 288 g/mol. The summed E-state index contributed by atoms with van der Waals surface area (Å²) in [6.07, 6.45) is 2.54. The molecule has 4 N–H and O–H groups in total. The van der Waals surface area contributed by atoms with Gasteiger partial charge in [0, 0.05) is 36.4 Å². The van der Waals surface area contributed by atoms with E-state index in [1.165, 1.54) is 0 Å². The molecule has 1 heterocycles. The minimum Gasteiger partial charge on any atom is -0.336 e. The summed E-state index contributed by atoms with van der Waals surface area (Å²) in [5.41, 5.74) is 7.43. The largest absolute Gasteiger partial charge is 0.336 e. The van der Waals surface area contributed by atoms with Crippen LogP contribution < -0.4 is 21.3 Å². The standard InChI is InChI=1S/C15H20N4O2/c16-11-2-1-10(9-11)14(20)18-12-3-5-13(6-4-12)19-8-7-17-15(19)21/h3-6,10-11H,1-2,7-9,16H2,(H,17,21)(H,18,20). The molecule has 2 fully saturated rings. The predicted octanol–water partition coefficient (Wildman–Crippen LogP) is 1.28. The van der Waals surface area contributed by atoms with Gasteiger partial charge in [-0.3, -0.25) is 9.69 Å². The first-order valence-electron chi connectivity index (χ1n) is 7.35. The Bertz CT molecular complexity index is 543. The maximum atomic E-state index is 12.1. The molecule has 3 amide bonds. The van der Waals surface area contributed by atoms with Crippen LogP contribution >= 0.6 is 0 Å². The molecule has 2 aliphatic rings. The topological polar surface area (TPSA) is 87.5 Å². The van der Waals surface area contributed by atoms with Gasteiger partial charge in [0.2, 0.25) is 5.91 Å². The summed E-state index contributed by atoms with van der Waals surface area (Å²) < 4.78 is 0. The van der Waals surface area contributed by atoms with Gasteiger partial charge in [0.15, 0.2) is 0 Å².